The van der Waals surface area contributed by atoms with Gasteiger partial charge in [-0.2, -0.15) is 0 Å². The predicted molar refractivity (Wildman–Crippen MR) is 148 cm³/mol. The Morgan fingerprint density at radius 1 is 1.17 bits per heavy atom. The molecular formula is C29H39FN2O3Si. The first-order valence-electron chi connectivity index (χ1n) is 12.7. The highest BCUT2D eigenvalue weighted by molar-refractivity contribution is 6.76. The largest absolute Gasteiger partial charge is 0.496 e. The van der Waals surface area contributed by atoms with E-state index >= 15 is 0 Å². The third kappa shape index (κ3) is 5.58. The molecule has 7 heteroatoms. The molecule has 0 spiro atoms. The third-order valence-corrected chi connectivity index (χ3v) is 8.67. The topological polar surface area (TPSA) is 45.5 Å². The average molecular weight is 511 g/mol. The molecule has 0 radical (unpaired) electrons. The molecule has 1 unspecified atom stereocenters. The second-order valence-electron chi connectivity index (χ2n) is 11.6. The molecule has 1 aliphatic carbocycles. The first-order chi connectivity index (χ1) is 17.0. The van der Waals surface area contributed by atoms with Crippen molar-refractivity contribution >= 4 is 24.7 Å². The van der Waals surface area contributed by atoms with Gasteiger partial charge in [0.05, 0.1) is 18.9 Å². The Labute approximate surface area is 215 Å². The normalized spacial score (nSPS) is 17.9. The van der Waals surface area contributed by atoms with Crippen LogP contribution in [0.25, 0.3) is 27.9 Å². The summed E-state index contributed by atoms with van der Waals surface area (Å²) in [5, 5.41) is 0.999. The molecule has 2 aromatic heterocycles. The third-order valence-electron chi connectivity index (χ3n) is 6.97. The van der Waals surface area contributed by atoms with Crippen molar-refractivity contribution in [3.8, 4) is 17.0 Å². The molecule has 2 heterocycles. The lowest BCUT2D eigenvalue weighted by atomic mass is 9.76. The maximum atomic E-state index is 14.7. The number of ether oxygens (including phenoxy) is 3. The molecule has 1 atom stereocenters. The summed E-state index contributed by atoms with van der Waals surface area (Å²) in [6.07, 6.45) is 5.99. The van der Waals surface area contributed by atoms with Crippen molar-refractivity contribution in [2.24, 2.45) is 5.41 Å². The molecule has 0 saturated heterocycles. The zero-order valence-electron chi connectivity index (χ0n) is 22.7. The number of benzene rings is 1. The summed E-state index contributed by atoms with van der Waals surface area (Å²) >= 11 is 0. The van der Waals surface area contributed by atoms with Crippen molar-refractivity contribution in [3.05, 3.63) is 54.0 Å². The molecule has 1 aromatic carbocycles. The van der Waals surface area contributed by atoms with Crippen LogP contribution in [0.4, 0.5) is 4.39 Å². The van der Waals surface area contributed by atoms with Crippen molar-refractivity contribution in [2.75, 3.05) is 20.8 Å². The molecule has 0 N–H and O–H groups in total. The lowest BCUT2D eigenvalue weighted by Crippen LogP contribution is -2.25. The summed E-state index contributed by atoms with van der Waals surface area (Å²) < 4.78 is 34.7. The van der Waals surface area contributed by atoms with E-state index in [-0.39, 0.29) is 17.3 Å². The Balaban J connectivity index is 1.99. The molecule has 4 rings (SSSR count). The fraction of sp³-hybridized carbons (Fsp3) is 0.483. The van der Waals surface area contributed by atoms with E-state index in [2.05, 4.69) is 50.2 Å². The van der Waals surface area contributed by atoms with Crippen LogP contribution in [-0.4, -0.2) is 44.6 Å². The van der Waals surface area contributed by atoms with Gasteiger partial charge in [0.25, 0.3) is 0 Å². The molecule has 0 aliphatic heterocycles. The van der Waals surface area contributed by atoms with Gasteiger partial charge in [0.1, 0.15) is 23.9 Å². The highest BCUT2D eigenvalue weighted by Crippen LogP contribution is 2.47. The molecule has 0 amide bonds. The molecule has 0 fully saturated rings. The fourth-order valence-electron chi connectivity index (χ4n) is 5.00. The van der Waals surface area contributed by atoms with Gasteiger partial charge in [-0.15, -0.1) is 0 Å². The van der Waals surface area contributed by atoms with Crippen LogP contribution in [0, 0.1) is 11.2 Å². The van der Waals surface area contributed by atoms with Gasteiger partial charge in [-0.25, -0.2) is 9.37 Å². The van der Waals surface area contributed by atoms with Gasteiger partial charge in [-0.1, -0.05) is 39.6 Å². The molecular weight excluding hydrogens is 471 g/mol. The Morgan fingerprint density at radius 2 is 1.94 bits per heavy atom. The van der Waals surface area contributed by atoms with Gasteiger partial charge in [-0.3, -0.25) is 0 Å². The smallest absolute Gasteiger partial charge is 0.142 e. The van der Waals surface area contributed by atoms with Crippen LogP contribution in [0.15, 0.2) is 42.6 Å². The second kappa shape index (κ2) is 10.5. The number of rotatable bonds is 9. The maximum Gasteiger partial charge on any atom is 0.142 e. The van der Waals surface area contributed by atoms with Gasteiger partial charge >= 0.3 is 0 Å². The highest BCUT2D eigenvalue weighted by atomic mass is 28.3. The summed E-state index contributed by atoms with van der Waals surface area (Å²) in [6.45, 7) is 12.5. The minimum atomic E-state index is -1.25. The number of halogens is 1. The van der Waals surface area contributed by atoms with E-state index in [4.69, 9.17) is 19.2 Å². The quantitative estimate of drug-likeness (QED) is 0.222. The van der Waals surface area contributed by atoms with Crippen LogP contribution in [0.1, 0.15) is 32.3 Å². The molecule has 36 heavy (non-hydrogen) atoms. The second-order valence-corrected chi connectivity index (χ2v) is 17.2. The number of allylic oxidation sites excluding steroid dienone is 1. The van der Waals surface area contributed by atoms with Crippen LogP contribution >= 0.6 is 0 Å². The van der Waals surface area contributed by atoms with E-state index in [0.29, 0.717) is 24.7 Å². The molecule has 5 nitrogen and oxygen atoms in total. The lowest BCUT2D eigenvalue weighted by molar-refractivity contribution is 0.0908. The minimum absolute atomic E-state index is 0.0120. The first kappa shape index (κ1) is 26.6. The number of pyridine rings is 1. The summed E-state index contributed by atoms with van der Waals surface area (Å²) in [5.41, 5.74) is 4.46. The van der Waals surface area contributed by atoms with Gasteiger partial charge in [-0.05, 0) is 60.2 Å². The van der Waals surface area contributed by atoms with Crippen molar-refractivity contribution in [3.63, 3.8) is 0 Å². The summed E-state index contributed by atoms with van der Waals surface area (Å²) in [5.74, 6) is 0.288. The number of nitrogens with zero attached hydrogens (tertiary/aromatic N) is 2. The van der Waals surface area contributed by atoms with Gasteiger partial charge < -0.3 is 18.8 Å². The molecule has 0 saturated carbocycles. The van der Waals surface area contributed by atoms with Crippen LogP contribution in [0.5, 0.6) is 5.75 Å². The average Bonchev–Trinajstić information content (AvgIpc) is 3.14. The van der Waals surface area contributed by atoms with Crippen molar-refractivity contribution in [1.29, 1.82) is 0 Å². The monoisotopic (exact) mass is 510 g/mol. The number of hydrogen-bond acceptors (Lipinski definition) is 4. The zero-order chi connectivity index (χ0) is 26.1. The summed E-state index contributed by atoms with van der Waals surface area (Å²) in [7, 11) is 2.13. The van der Waals surface area contributed by atoms with E-state index in [1.807, 2.05) is 6.07 Å². The van der Waals surface area contributed by atoms with Gasteiger partial charge in [0, 0.05) is 44.5 Å². The Hall–Kier alpha value is -2.48. The van der Waals surface area contributed by atoms with E-state index in [1.54, 1.807) is 32.5 Å². The van der Waals surface area contributed by atoms with Crippen molar-refractivity contribution < 1.29 is 18.6 Å². The van der Waals surface area contributed by atoms with Crippen LogP contribution in [0.3, 0.4) is 0 Å². The predicted octanol–water partition coefficient (Wildman–Crippen LogP) is 7.38. The molecule has 1 aliphatic rings. The Kier molecular flexibility index (Phi) is 7.74. The van der Waals surface area contributed by atoms with Crippen LogP contribution < -0.4 is 4.74 Å². The highest BCUT2D eigenvalue weighted by Gasteiger charge is 2.33. The van der Waals surface area contributed by atoms with Crippen LogP contribution in [-0.2, 0) is 16.2 Å². The van der Waals surface area contributed by atoms with E-state index in [1.165, 1.54) is 6.07 Å². The lowest BCUT2D eigenvalue weighted by Gasteiger charge is -2.33. The number of methoxy groups -OCH3 is 2. The number of aromatic nitrogens is 2. The minimum Gasteiger partial charge on any atom is -0.496 e. The molecule has 194 valence electrons. The Morgan fingerprint density at radius 3 is 2.64 bits per heavy atom. The number of hydrogen-bond donors (Lipinski definition) is 0. The van der Waals surface area contributed by atoms with E-state index < -0.39 is 8.07 Å². The standard InChI is InChI=1S/C29H39FN2O3Si/c1-29(2)13-12-25(34-4)23(18-29)26-21-9-8-14-31-28(21)32(19-35-15-16-36(5,6)7)27(26)22-17-20(30)10-11-24(22)33-3/h8-11,14,17-18,25H,12-13,15-16,19H2,1-7H3. The molecule has 0 bridgehead atoms. The number of fused-ring (bicyclic) bond motifs is 1. The fourth-order valence-corrected chi connectivity index (χ4v) is 5.75. The van der Waals surface area contributed by atoms with Crippen molar-refractivity contribution in [2.45, 2.75) is 65.2 Å². The Bertz CT molecular complexity index is 1260. The summed E-state index contributed by atoms with van der Waals surface area (Å²) in [4.78, 5) is 4.76. The zero-order valence-corrected chi connectivity index (χ0v) is 23.7. The van der Waals surface area contributed by atoms with Crippen molar-refractivity contribution in [1.82, 2.24) is 9.55 Å². The van der Waals surface area contributed by atoms with Crippen LogP contribution in [0.2, 0.25) is 25.7 Å². The maximum absolute atomic E-state index is 14.7. The van der Waals surface area contributed by atoms with E-state index in [9.17, 15) is 4.39 Å². The van der Waals surface area contributed by atoms with E-state index in [0.717, 1.165) is 46.7 Å². The first-order valence-corrected chi connectivity index (χ1v) is 16.4. The van der Waals surface area contributed by atoms with Gasteiger partial charge in [0.2, 0.25) is 0 Å². The molecule has 3 aromatic rings. The van der Waals surface area contributed by atoms with Gasteiger partial charge in [0.15, 0.2) is 0 Å². The SMILES string of the molecule is COc1ccc(F)cc1-c1c(C2=CC(C)(C)CCC2OC)c2cccnc2n1COCC[Si](C)(C)C. The summed E-state index contributed by atoms with van der Waals surface area (Å²) in [6, 6.07) is 9.76.